The highest BCUT2D eigenvalue weighted by Crippen LogP contribution is 2.19. The van der Waals surface area contributed by atoms with Crippen LogP contribution in [-0.2, 0) is 4.79 Å². The first-order chi connectivity index (χ1) is 7.63. The normalized spacial score (nSPS) is 10.6. The molecule has 0 spiro atoms. The number of phenols is 1. The Balaban J connectivity index is 2.71. The maximum absolute atomic E-state index is 10.7. The third kappa shape index (κ3) is 3.90. The van der Waals surface area contributed by atoms with Gasteiger partial charge in [-0.05, 0) is 18.2 Å². The van der Waals surface area contributed by atoms with Gasteiger partial charge in [0.05, 0.1) is 0 Å². The quantitative estimate of drug-likeness (QED) is 0.816. The van der Waals surface area contributed by atoms with E-state index in [9.17, 15) is 14.7 Å². The lowest BCUT2D eigenvalue weighted by atomic mass is 10.1. The van der Waals surface area contributed by atoms with Gasteiger partial charge in [0.1, 0.15) is 12.0 Å². The molecule has 0 aliphatic heterocycles. The van der Waals surface area contributed by atoms with Gasteiger partial charge in [0, 0.05) is 23.8 Å². The Morgan fingerprint density at radius 2 is 2.25 bits per heavy atom. The number of carbonyl (C=O) groups is 2. The minimum atomic E-state index is 0.0514. The average Bonchev–Trinajstić information content (AvgIpc) is 2.26. The van der Waals surface area contributed by atoms with Crippen molar-refractivity contribution in [2.45, 2.75) is 6.92 Å². The van der Waals surface area contributed by atoms with Crippen LogP contribution in [0.5, 0.6) is 5.75 Å². The van der Waals surface area contributed by atoms with E-state index in [1.165, 1.54) is 24.8 Å². The van der Waals surface area contributed by atoms with Gasteiger partial charge in [-0.25, -0.2) is 0 Å². The Labute approximate surface area is 98.2 Å². The number of aromatic hydroxyl groups is 1. The van der Waals surface area contributed by atoms with Crippen molar-refractivity contribution in [1.82, 2.24) is 0 Å². The van der Waals surface area contributed by atoms with Crippen LogP contribution in [0.4, 0.5) is 0 Å². The molecule has 0 aliphatic carbocycles. The van der Waals surface area contributed by atoms with E-state index in [4.69, 9.17) is 0 Å². The largest absolute Gasteiger partial charge is 0.507 e. The molecule has 1 rings (SSSR count). The average molecular weight is 236 g/mol. The van der Waals surface area contributed by atoms with Crippen LogP contribution < -0.4 is 0 Å². The molecule has 4 heteroatoms. The zero-order valence-corrected chi connectivity index (χ0v) is 9.66. The van der Waals surface area contributed by atoms with Crippen molar-refractivity contribution in [1.29, 1.82) is 0 Å². The number of thioether (sulfide) groups is 1. The number of carbonyl (C=O) groups excluding carboxylic acids is 2. The second-order valence-corrected chi connectivity index (χ2v) is 4.34. The van der Waals surface area contributed by atoms with Crippen LogP contribution in [0.3, 0.4) is 0 Å². The van der Waals surface area contributed by atoms with Gasteiger partial charge in [0.2, 0.25) is 0 Å². The number of phenolic OH excluding ortho intramolecular Hbond substituents is 1. The third-order valence-electron chi connectivity index (χ3n) is 1.87. The summed E-state index contributed by atoms with van der Waals surface area (Å²) in [6, 6.07) is 4.61. The predicted octanol–water partition coefficient (Wildman–Crippen LogP) is 2.50. The summed E-state index contributed by atoms with van der Waals surface area (Å²) in [5, 5.41) is 9.55. The number of rotatable bonds is 4. The number of benzene rings is 1. The summed E-state index contributed by atoms with van der Waals surface area (Å²) in [7, 11) is 0. The second-order valence-electron chi connectivity index (χ2n) is 3.14. The lowest BCUT2D eigenvalue weighted by Gasteiger charge is -1.99. The number of aldehydes is 1. The van der Waals surface area contributed by atoms with Crippen LogP contribution in [0.25, 0.3) is 6.08 Å². The van der Waals surface area contributed by atoms with Crippen LogP contribution in [-0.4, -0.2) is 22.3 Å². The fourth-order valence-corrected chi connectivity index (χ4v) is 1.55. The zero-order chi connectivity index (χ0) is 12.0. The Hall–Kier alpha value is -1.55. The van der Waals surface area contributed by atoms with E-state index < -0.39 is 0 Å². The molecule has 3 nitrogen and oxygen atoms in total. The number of hydrogen-bond donors (Lipinski definition) is 1. The molecule has 0 atom stereocenters. The van der Waals surface area contributed by atoms with E-state index in [2.05, 4.69) is 0 Å². The van der Waals surface area contributed by atoms with Crippen LogP contribution >= 0.6 is 11.8 Å². The summed E-state index contributed by atoms with van der Waals surface area (Å²) >= 11 is 1.19. The molecule has 0 radical (unpaired) electrons. The predicted molar refractivity (Wildman–Crippen MR) is 65.7 cm³/mol. The van der Waals surface area contributed by atoms with Crippen molar-refractivity contribution in [2.24, 2.45) is 0 Å². The van der Waals surface area contributed by atoms with Crippen molar-refractivity contribution >= 4 is 29.2 Å². The van der Waals surface area contributed by atoms with Crippen molar-refractivity contribution in [3.63, 3.8) is 0 Å². The minimum absolute atomic E-state index is 0.0514. The highest BCUT2D eigenvalue weighted by molar-refractivity contribution is 8.13. The number of hydrogen-bond acceptors (Lipinski definition) is 4. The molecule has 0 aliphatic rings. The molecule has 0 unspecified atom stereocenters. The summed E-state index contributed by atoms with van der Waals surface area (Å²) < 4.78 is 0. The van der Waals surface area contributed by atoms with Crippen LogP contribution in [0, 0.1) is 0 Å². The molecule has 0 aromatic heterocycles. The molecule has 0 bridgehead atoms. The minimum Gasteiger partial charge on any atom is -0.507 e. The van der Waals surface area contributed by atoms with E-state index in [1.807, 2.05) is 0 Å². The standard InChI is InChI=1S/C12H12O3S/c1-9(14)16-6-2-3-11-7-10(8-13)4-5-12(11)15/h2-5,7-8,15H,6H2,1H3. The maximum Gasteiger partial charge on any atom is 0.186 e. The molecule has 0 amide bonds. The molecule has 16 heavy (non-hydrogen) atoms. The smallest absolute Gasteiger partial charge is 0.186 e. The summed E-state index contributed by atoms with van der Waals surface area (Å²) in [6.07, 6.45) is 4.19. The second kappa shape index (κ2) is 6.12. The topological polar surface area (TPSA) is 54.4 Å². The van der Waals surface area contributed by atoms with Crippen molar-refractivity contribution < 1.29 is 14.7 Å². The van der Waals surface area contributed by atoms with E-state index in [0.29, 0.717) is 16.9 Å². The molecular weight excluding hydrogens is 224 g/mol. The van der Waals surface area contributed by atoms with Crippen molar-refractivity contribution in [2.75, 3.05) is 5.75 Å². The third-order valence-corrected chi connectivity index (χ3v) is 2.63. The highest BCUT2D eigenvalue weighted by Gasteiger charge is 1.98. The van der Waals surface area contributed by atoms with Gasteiger partial charge in [-0.1, -0.05) is 23.9 Å². The Morgan fingerprint density at radius 3 is 2.88 bits per heavy atom. The van der Waals surface area contributed by atoms with Crippen molar-refractivity contribution in [3.05, 3.63) is 35.4 Å². The monoisotopic (exact) mass is 236 g/mol. The molecule has 1 N–H and O–H groups in total. The highest BCUT2D eigenvalue weighted by atomic mass is 32.2. The first kappa shape index (κ1) is 12.5. The fraction of sp³-hybridized carbons (Fsp3) is 0.167. The Morgan fingerprint density at radius 1 is 1.50 bits per heavy atom. The molecule has 1 aromatic rings. The zero-order valence-electron chi connectivity index (χ0n) is 8.84. The van der Waals surface area contributed by atoms with Gasteiger partial charge in [0.15, 0.2) is 5.12 Å². The molecule has 1 aromatic carbocycles. The van der Waals surface area contributed by atoms with Gasteiger partial charge < -0.3 is 5.11 Å². The molecule has 0 saturated carbocycles. The van der Waals surface area contributed by atoms with Crippen LogP contribution in [0.15, 0.2) is 24.3 Å². The molecule has 0 fully saturated rings. The van der Waals surface area contributed by atoms with Crippen LogP contribution in [0.1, 0.15) is 22.8 Å². The summed E-state index contributed by atoms with van der Waals surface area (Å²) in [4.78, 5) is 21.2. The van der Waals surface area contributed by atoms with Gasteiger partial charge in [-0.3, -0.25) is 9.59 Å². The molecule has 0 saturated heterocycles. The van der Waals surface area contributed by atoms with E-state index >= 15 is 0 Å². The Bertz CT molecular complexity index is 424. The molecule has 84 valence electrons. The van der Waals surface area contributed by atoms with Gasteiger partial charge in [-0.15, -0.1) is 0 Å². The summed E-state index contributed by atoms with van der Waals surface area (Å²) in [5.41, 5.74) is 1.09. The SMILES string of the molecule is CC(=O)SCC=Cc1cc(C=O)ccc1O. The van der Waals surface area contributed by atoms with E-state index in [-0.39, 0.29) is 10.9 Å². The summed E-state index contributed by atoms with van der Waals surface area (Å²) in [6.45, 7) is 1.50. The lowest BCUT2D eigenvalue weighted by Crippen LogP contribution is -1.84. The molecule has 0 heterocycles. The first-order valence-corrected chi connectivity index (χ1v) is 5.70. The molecular formula is C12H12O3S. The lowest BCUT2D eigenvalue weighted by molar-refractivity contribution is -0.109. The maximum atomic E-state index is 10.7. The van der Waals surface area contributed by atoms with E-state index in [1.54, 1.807) is 24.3 Å². The van der Waals surface area contributed by atoms with Gasteiger partial charge in [-0.2, -0.15) is 0 Å². The van der Waals surface area contributed by atoms with E-state index in [0.717, 1.165) is 6.29 Å². The first-order valence-electron chi connectivity index (χ1n) is 4.71. The van der Waals surface area contributed by atoms with Crippen molar-refractivity contribution in [3.8, 4) is 5.75 Å². The Kier molecular flexibility index (Phi) is 4.79. The fourth-order valence-electron chi connectivity index (χ4n) is 1.12. The van der Waals surface area contributed by atoms with Crippen LogP contribution in [0.2, 0.25) is 0 Å². The van der Waals surface area contributed by atoms with Gasteiger partial charge in [0.25, 0.3) is 0 Å². The van der Waals surface area contributed by atoms with Gasteiger partial charge >= 0.3 is 0 Å². The summed E-state index contributed by atoms with van der Waals surface area (Å²) in [5.74, 6) is 0.676.